The summed E-state index contributed by atoms with van der Waals surface area (Å²) >= 11 is 0. The number of nitrogens with one attached hydrogen (secondary N) is 1. The summed E-state index contributed by atoms with van der Waals surface area (Å²) in [6, 6.07) is 23.2. The maximum Gasteiger partial charge on any atom is 0.343 e. The fourth-order valence-electron chi connectivity index (χ4n) is 3.16. The third kappa shape index (κ3) is 4.41. The van der Waals surface area contributed by atoms with E-state index >= 15 is 0 Å². The molecule has 4 aromatic rings. The summed E-state index contributed by atoms with van der Waals surface area (Å²) in [4.78, 5) is 24.9. The van der Waals surface area contributed by atoms with Crippen molar-refractivity contribution in [3.05, 3.63) is 102 Å². The number of ether oxygens (including phenoxy) is 1. The second-order valence-corrected chi connectivity index (χ2v) is 6.85. The standard InChI is InChI=1S/C25H18N2O5/c28-18-11-12-20(22(29)14-18)24(30)27-26-15-21-19-9-5-4-6-16(19)10-13-23(21)32-25(31)17-7-2-1-3-8-17/h1-15,28-29H,(H,27,30)/b26-15-. The van der Waals surface area contributed by atoms with E-state index in [2.05, 4.69) is 10.5 Å². The van der Waals surface area contributed by atoms with Crippen LogP contribution in [-0.4, -0.2) is 28.3 Å². The van der Waals surface area contributed by atoms with Crippen molar-refractivity contribution in [1.82, 2.24) is 5.43 Å². The minimum Gasteiger partial charge on any atom is -0.508 e. The predicted molar refractivity (Wildman–Crippen MR) is 120 cm³/mol. The van der Waals surface area contributed by atoms with Gasteiger partial charge in [-0.05, 0) is 41.1 Å². The van der Waals surface area contributed by atoms with Gasteiger partial charge >= 0.3 is 5.97 Å². The van der Waals surface area contributed by atoms with Gasteiger partial charge in [0.25, 0.3) is 5.91 Å². The van der Waals surface area contributed by atoms with Crippen molar-refractivity contribution in [3.8, 4) is 17.2 Å². The first-order chi connectivity index (χ1) is 15.5. The number of hydrazone groups is 1. The molecule has 0 saturated heterocycles. The average Bonchev–Trinajstić information content (AvgIpc) is 2.80. The topological polar surface area (TPSA) is 108 Å². The van der Waals surface area contributed by atoms with E-state index in [9.17, 15) is 19.8 Å². The summed E-state index contributed by atoms with van der Waals surface area (Å²) < 4.78 is 5.60. The number of esters is 1. The summed E-state index contributed by atoms with van der Waals surface area (Å²) in [5.41, 5.74) is 3.19. The highest BCUT2D eigenvalue weighted by Gasteiger charge is 2.14. The number of hydrogen-bond acceptors (Lipinski definition) is 6. The fourth-order valence-corrected chi connectivity index (χ4v) is 3.16. The summed E-state index contributed by atoms with van der Waals surface area (Å²) in [6.07, 6.45) is 1.38. The molecule has 4 rings (SSSR count). The van der Waals surface area contributed by atoms with Gasteiger partial charge in [-0.3, -0.25) is 4.79 Å². The molecule has 0 aliphatic rings. The molecule has 0 aliphatic heterocycles. The highest BCUT2D eigenvalue weighted by Crippen LogP contribution is 2.27. The lowest BCUT2D eigenvalue weighted by atomic mass is 10.0. The Morgan fingerprint density at radius 1 is 0.875 bits per heavy atom. The van der Waals surface area contributed by atoms with Crippen molar-refractivity contribution in [3.63, 3.8) is 0 Å². The molecule has 0 radical (unpaired) electrons. The van der Waals surface area contributed by atoms with E-state index in [1.807, 2.05) is 30.3 Å². The molecule has 4 aromatic carbocycles. The SMILES string of the molecule is O=C(Oc1ccc2ccccc2c1/C=N\NC(=O)c1ccc(O)cc1O)c1ccccc1. The van der Waals surface area contributed by atoms with E-state index < -0.39 is 11.9 Å². The van der Waals surface area contributed by atoms with Crippen molar-refractivity contribution < 1.29 is 24.5 Å². The largest absolute Gasteiger partial charge is 0.508 e. The monoisotopic (exact) mass is 426 g/mol. The molecule has 1 amide bonds. The van der Waals surface area contributed by atoms with Gasteiger partial charge in [0, 0.05) is 11.6 Å². The van der Waals surface area contributed by atoms with Gasteiger partial charge in [0.1, 0.15) is 17.2 Å². The van der Waals surface area contributed by atoms with Crippen LogP contribution in [0.25, 0.3) is 10.8 Å². The van der Waals surface area contributed by atoms with Crippen LogP contribution in [0.5, 0.6) is 17.2 Å². The Labute approximate surface area is 183 Å². The Hall–Kier alpha value is -4.65. The summed E-state index contributed by atoms with van der Waals surface area (Å²) in [5.74, 6) is -1.44. The van der Waals surface area contributed by atoms with E-state index in [4.69, 9.17) is 4.74 Å². The molecule has 0 aromatic heterocycles. The lowest BCUT2D eigenvalue weighted by Crippen LogP contribution is -2.18. The van der Waals surface area contributed by atoms with Gasteiger partial charge < -0.3 is 14.9 Å². The maximum absolute atomic E-state index is 12.5. The zero-order valence-corrected chi connectivity index (χ0v) is 16.7. The molecule has 7 nitrogen and oxygen atoms in total. The molecule has 0 unspecified atom stereocenters. The molecule has 7 heteroatoms. The number of rotatable bonds is 5. The first kappa shape index (κ1) is 20.6. The Morgan fingerprint density at radius 3 is 2.41 bits per heavy atom. The molecule has 32 heavy (non-hydrogen) atoms. The number of fused-ring (bicyclic) bond motifs is 1. The Balaban J connectivity index is 1.63. The summed E-state index contributed by atoms with van der Waals surface area (Å²) in [5, 5.41) is 24.9. The number of nitrogens with zero attached hydrogens (tertiary/aromatic N) is 1. The Kier molecular flexibility index (Phi) is 5.81. The smallest absolute Gasteiger partial charge is 0.343 e. The predicted octanol–water partition coefficient (Wildman–Crippen LogP) is 4.23. The van der Waals surface area contributed by atoms with E-state index in [-0.39, 0.29) is 22.8 Å². The van der Waals surface area contributed by atoms with Crippen LogP contribution in [0.2, 0.25) is 0 Å². The van der Waals surface area contributed by atoms with Crippen LogP contribution >= 0.6 is 0 Å². The third-order valence-electron chi connectivity index (χ3n) is 4.73. The Bertz CT molecular complexity index is 1330. The summed E-state index contributed by atoms with van der Waals surface area (Å²) in [7, 11) is 0. The van der Waals surface area contributed by atoms with Crippen molar-refractivity contribution in [2.75, 3.05) is 0 Å². The molecule has 0 fully saturated rings. The van der Waals surface area contributed by atoms with E-state index in [0.29, 0.717) is 11.1 Å². The third-order valence-corrected chi connectivity index (χ3v) is 4.73. The number of phenols is 2. The molecule has 0 bridgehead atoms. The number of phenolic OH excluding ortho intramolecular Hbond substituents is 2. The molecule has 0 heterocycles. The van der Waals surface area contributed by atoms with Crippen LogP contribution in [0, 0.1) is 0 Å². The fraction of sp³-hybridized carbons (Fsp3) is 0. The first-order valence-corrected chi connectivity index (χ1v) is 9.67. The van der Waals surface area contributed by atoms with Gasteiger partial charge in [-0.2, -0.15) is 5.10 Å². The lowest BCUT2D eigenvalue weighted by molar-refractivity contribution is 0.0734. The number of aromatic hydroxyl groups is 2. The van der Waals surface area contributed by atoms with E-state index in [1.165, 1.54) is 18.3 Å². The number of hydrogen-bond donors (Lipinski definition) is 3. The highest BCUT2D eigenvalue weighted by molar-refractivity contribution is 6.04. The van der Waals surface area contributed by atoms with Crippen LogP contribution in [0.15, 0.2) is 90.0 Å². The van der Waals surface area contributed by atoms with Crippen LogP contribution in [0.3, 0.4) is 0 Å². The second-order valence-electron chi connectivity index (χ2n) is 6.85. The number of carbonyl (C=O) groups excluding carboxylic acids is 2. The Morgan fingerprint density at radius 2 is 1.62 bits per heavy atom. The van der Waals surface area contributed by atoms with Gasteiger partial charge in [-0.15, -0.1) is 0 Å². The zero-order chi connectivity index (χ0) is 22.5. The molecule has 0 saturated carbocycles. The molecule has 158 valence electrons. The number of amides is 1. The average molecular weight is 426 g/mol. The lowest BCUT2D eigenvalue weighted by Gasteiger charge is -2.10. The van der Waals surface area contributed by atoms with Gasteiger partial charge in [-0.1, -0.05) is 48.5 Å². The van der Waals surface area contributed by atoms with Crippen molar-refractivity contribution in [2.24, 2.45) is 5.10 Å². The van der Waals surface area contributed by atoms with Crippen LogP contribution in [0.4, 0.5) is 0 Å². The van der Waals surface area contributed by atoms with Gasteiger partial charge in [0.2, 0.25) is 0 Å². The number of benzene rings is 4. The van der Waals surface area contributed by atoms with Crippen LogP contribution < -0.4 is 10.2 Å². The summed E-state index contributed by atoms with van der Waals surface area (Å²) in [6.45, 7) is 0. The maximum atomic E-state index is 12.5. The molecular formula is C25H18N2O5. The second kappa shape index (κ2) is 9.01. The van der Waals surface area contributed by atoms with Crippen molar-refractivity contribution >= 4 is 28.9 Å². The molecule has 0 aliphatic carbocycles. The molecular weight excluding hydrogens is 408 g/mol. The van der Waals surface area contributed by atoms with E-state index in [1.54, 1.807) is 36.4 Å². The highest BCUT2D eigenvalue weighted by atomic mass is 16.5. The normalized spacial score (nSPS) is 10.9. The van der Waals surface area contributed by atoms with Crippen molar-refractivity contribution in [2.45, 2.75) is 0 Å². The van der Waals surface area contributed by atoms with Crippen LogP contribution in [0.1, 0.15) is 26.3 Å². The molecule has 0 spiro atoms. The van der Waals surface area contributed by atoms with Crippen molar-refractivity contribution in [1.29, 1.82) is 0 Å². The minimum atomic E-state index is -0.665. The minimum absolute atomic E-state index is 0.0476. The first-order valence-electron chi connectivity index (χ1n) is 9.67. The molecule has 3 N–H and O–H groups in total. The van der Waals surface area contributed by atoms with Gasteiger partial charge in [-0.25, -0.2) is 10.2 Å². The quantitative estimate of drug-likeness (QED) is 0.192. The molecule has 0 atom stereocenters. The van der Waals surface area contributed by atoms with Crippen LogP contribution in [-0.2, 0) is 0 Å². The van der Waals surface area contributed by atoms with Gasteiger partial charge in [0.15, 0.2) is 0 Å². The van der Waals surface area contributed by atoms with Gasteiger partial charge in [0.05, 0.1) is 17.3 Å². The van der Waals surface area contributed by atoms with E-state index in [0.717, 1.165) is 16.8 Å². The zero-order valence-electron chi connectivity index (χ0n) is 16.7. The number of carbonyl (C=O) groups is 2.